The van der Waals surface area contributed by atoms with Gasteiger partial charge in [-0.1, -0.05) is 26.2 Å². The Morgan fingerprint density at radius 3 is 2.89 bits per heavy atom. The van der Waals surface area contributed by atoms with Gasteiger partial charge in [0.2, 0.25) is 0 Å². The molecule has 1 aliphatic rings. The molecule has 104 valence electrons. The largest absolute Gasteiger partial charge is 0.382 e. The third-order valence-electron chi connectivity index (χ3n) is 3.93. The summed E-state index contributed by atoms with van der Waals surface area (Å²) < 4.78 is 0. The van der Waals surface area contributed by atoms with Crippen LogP contribution in [0, 0.1) is 5.92 Å². The predicted octanol–water partition coefficient (Wildman–Crippen LogP) is 2.82. The van der Waals surface area contributed by atoms with Gasteiger partial charge in [0.25, 0.3) is 5.91 Å². The van der Waals surface area contributed by atoms with Crippen molar-refractivity contribution in [2.24, 2.45) is 5.92 Å². The Balaban J connectivity index is 2.07. The zero-order valence-electron chi connectivity index (χ0n) is 11.8. The number of pyridine rings is 1. The second-order valence-electron chi connectivity index (χ2n) is 5.38. The van der Waals surface area contributed by atoms with E-state index >= 15 is 0 Å². The van der Waals surface area contributed by atoms with E-state index in [0.717, 1.165) is 5.69 Å². The maximum absolute atomic E-state index is 11.6. The SMILES string of the molecule is CNC(=O)c1cc(NC2CCCCCC2C)ccn1. The first-order chi connectivity index (χ1) is 9.20. The molecule has 1 aliphatic carbocycles. The molecule has 0 spiro atoms. The summed E-state index contributed by atoms with van der Waals surface area (Å²) in [7, 11) is 1.62. The zero-order valence-corrected chi connectivity index (χ0v) is 11.8. The molecular weight excluding hydrogens is 238 g/mol. The van der Waals surface area contributed by atoms with Crippen LogP contribution in [0.2, 0.25) is 0 Å². The van der Waals surface area contributed by atoms with Gasteiger partial charge in [0.15, 0.2) is 0 Å². The minimum absolute atomic E-state index is 0.141. The summed E-state index contributed by atoms with van der Waals surface area (Å²) >= 11 is 0. The second-order valence-corrected chi connectivity index (χ2v) is 5.38. The normalized spacial score (nSPS) is 23.5. The summed E-state index contributed by atoms with van der Waals surface area (Å²) in [6, 6.07) is 4.27. The number of amides is 1. The van der Waals surface area contributed by atoms with Crippen LogP contribution < -0.4 is 10.6 Å². The summed E-state index contributed by atoms with van der Waals surface area (Å²) in [6.45, 7) is 2.31. The number of aromatic nitrogens is 1. The Kier molecular flexibility index (Phi) is 4.77. The minimum Gasteiger partial charge on any atom is -0.382 e. The van der Waals surface area contributed by atoms with E-state index in [4.69, 9.17) is 0 Å². The molecule has 0 radical (unpaired) electrons. The highest BCUT2D eigenvalue weighted by Crippen LogP contribution is 2.25. The van der Waals surface area contributed by atoms with E-state index in [1.807, 2.05) is 12.1 Å². The van der Waals surface area contributed by atoms with Crippen LogP contribution in [-0.2, 0) is 0 Å². The molecule has 4 nitrogen and oxygen atoms in total. The van der Waals surface area contributed by atoms with Crippen molar-refractivity contribution in [2.45, 2.75) is 45.1 Å². The monoisotopic (exact) mass is 261 g/mol. The minimum atomic E-state index is -0.141. The molecule has 1 amide bonds. The van der Waals surface area contributed by atoms with Crippen molar-refractivity contribution in [1.29, 1.82) is 0 Å². The zero-order chi connectivity index (χ0) is 13.7. The lowest BCUT2D eigenvalue weighted by Crippen LogP contribution is -2.26. The molecule has 0 saturated heterocycles. The molecule has 1 fully saturated rings. The standard InChI is InChI=1S/C15H23N3O/c1-11-6-4-3-5-7-13(11)18-12-8-9-17-14(10-12)15(19)16-2/h8-11,13H,3-7H2,1-2H3,(H,16,19)(H,17,18). The van der Waals surface area contributed by atoms with Crippen molar-refractivity contribution < 1.29 is 4.79 Å². The van der Waals surface area contributed by atoms with Crippen molar-refractivity contribution in [2.75, 3.05) is 12.4 Å². The Labute approximate surface area is 115 Å². The van der Waals surface area contributed by atoms with Crippen molar-refractivity contribution in [3.8, 4) is 0 Å². The van der Waals surface area contributed by atoms with E-state index in [9.17, 15) is 4.79 Å². The lowest BCUT2D eigenvalue weighted by atomic mass is 9.97. The van der Waals surface area contributed by atoms with Gasteiger partial charge >= 0.3 is 0 Å². The molecule has 2 unspecified atom stereocenters. The van der Waals surface area contributed by atoms with Crippen LogP contribution in [0.3, 0.4) is 0 Å². The Morgan fingerprint density at radius 1 is 1.32 bits per heavy atom. The van der Waals surface area contributed by atoms with Gasteiger partial charge in [0.1, 0.15) is 5.69 Å². The molecule has 0 aromatic carbocycles. The first-order valence-electron chi connectivity index (χ1n) is 7.15. The Morgan fingerprint density at radius 2 is 2.11 bits per heavy atom. The quantitative estimate of drug-likeness (QED) is 0.823. The lowest BCUT2D eigenvalue weighted by molar-refractivity contribution is 0.0958. The molecule has 1 aromatic heterocycles. The van der Waals surface area contributed by atoms with Crippen molar-refractivity contribution in [3.05, 3.63) is 24.0 Å². The number of hydrogen-bond donors (Lipinski definition) is 2. The van der Waals surface area contributed by atoms with E-state index < -0.39 is 0 Å². The number of carbonyl (C=O) groups is 1. The molecule has 2 N–H and O–H groups in total. The van der Waals surface area contributed by atoms with Gasteiger partial charge in [-0.25, -0.2) is 0 Å². The van der Waals surface area contributed by atoms with Gasteiger partial charge in [0.05, 0.1) is 0 Å². The van der Waals surface area contributed by atoms with Crippen molar-refractivity contribution in [3.63, 3.8) is 0 Å². The van der Waals surface area contributed by atoms with Crippen LogP contribution in [0.15, 0.2) is 18.3 Å². The van der Waals surface area contributed by atoms with E-state index in [-0.39, 0.29) is 5.91 Å². The molecule has 0 bridgehead atoms. The van der Waals surface area contributed by atoms with Gasteiger partial charge < -0.3 is 10.6 Å². The average molecular weight is 261 g/mol. The van der Waals surface area contributed by atoms with Gasteiger partial charge in [-0.05, 0) is 30.9 Å². The van der Waals surface area contributed by atoms with Crippen molar-refractivity contribution in [1.82, 2.24) is 10.3 Å². The summed E-state index contributed by atoms with van der Waals surface area (Å²) in [5.41, 5.74) is 1.46. The Hall–Kier alpha value is -1.58. The lowest BCUT2D eigenvalue weighted by Gasteiger charge is -2.24. The third kappa shape index (κ3) is 3.69. The highest BCUT2D eigenvalue weighted by atomic mass is 16.1. The smallest absolute Gasteiger partial charge is 0.269 e. The van der Waals surface area contributed by atoms with Crippen molar-refractivity contribution >= 4 is 11.6 Å². The van der Waals surface area contributed by atoms with Crippen LogP contribution in [0.5, 0.6) is 0 Å². The topological polar surface area (TPSA) is 54.0 Å². The number of anilines is 1. The number of rotatable bonds is 3. The maximum atomic E-state index is 11.6. The molecule has 2 rings (SSSR count). The maximum Gasteiger partial charge on any atom is 0.269 e. The number of hydrogen-bond acceptors (Lipinski definition) is 3. The van der Waals surface area contributed by atoms with Crippen LogP contribution in [-0.4, -0.2) is 24.0 Å². The molecule has 4 heteroatoms. The highest BCUT2D eigenvalue weighted by Gasteiger charge is 2.19. The molecule has 1 aromatic rings. The molecular formula is C15H23N3O. The summed E-state index contributed by atoms with van der Waals surface area (Å²) in [6.07, 6.45) is 8.13. The van der Waals surface area contributed by atoms with Crippen LogP contribution in [0.4, 0.5) is 5.69 Å². The van der Waals surface area contributed by atoms with Crippen LogP contribution in [0.1, 0.15) is 49.5 Å². The first-order valence-corrected chi connectivity index (χ1v) is 7.15. The van der Waals surface area contributed by atoms with E-state index in [0.29, 0.717) is 17.7 Å². The summed E-state index contributed by atoms with van der Waals surface area (Å²) in [5, 5.41) is 6.17. The van der Waals surface area contributed by atoms with Crippen LogP contribution >= 0.6 is 0 Å². The molecule has 19 heavy (non-hydrogen) atoms. The molecule has 1 saturated carbocycles. The predicted molar refractivity (Wildman–Crippen MR) is 77.3 cm³/mol. The molecule has 0 aliphatic heterocycles. The first kappa shape index (κ1) is 13.8. The van der Waals surface area contributed by atoms with Crippen LogP contribution in [0.25, 0.3) is 0 Å². The van der Waals surface area contributed by atoms with E-state index in [1.54, 1.807) is 13.2 Å². The number of nitrogens with zero attached hydrogens (tertiary/aromatic N) is 1. The van der Waals surface area contributed by atoms with Gasteiger partial charge in [-0.15, -0.1) is 0 Å². The van der Waals surface area contributed by atoms with E-state index in [1.165, 1.54) is 32.1 Å². The van der Waals surface area contributed by atoms with Gasteiger partial charge in [-0.3, -0.25) is 9.78 Å². The summed E-state index contributed by atoms with van der Waals surface area (Å²) in [5.74, 6) is 0.539. The second kappa shape index (κ2) is 6.55. The molecule has 2 atom stereocenters. The number of nitrogens with one attached hydrogen (secondary N) is 2. The van der Waals surface area contributed by atoms with E-state index in [2.05, 4.69) is 22.5 Å². The summed E-state index contributed by atoms with van der Waals surface area (Å²) in [4.78, 5) is 15.7. The average Bonchev–Trinajstić information content (AvgIpc) is 2.64. The fourth-order valence-electron chi connectivity index (χ4n) is 2.69. The van der Waals surface area contributed by atoms with Gasteiger partial charge in [0, 0.05) is 25.0 Å². The highest BCUT2D eigenvalue weighted by molar-refractivity contribution is 5.92. The third-order valence-corrected chi connectivity index (χ3v) is 3.93. The Bertz CT molecular complexity index is 433. The fourth-order valence-corrected chi connectivity index (χ4v) is 2.69. The van der Waals surface area contributed by atoms with Gasteiger partial charge in [-0.2, -0.15) is 0 Å². The molecule has 1 heterocycles. The number of carbonyl (C=O) groups excluding carboxylic acids is 1. The fraction of sp³-hybridized carbons (Fsp3) is 0.600.